The van der Waals surface area contributed by atoms with Gasteiger partial charge in [0.1, 0.15) is 22.3 Å². The summed E-state index contributed by atoms with van der Waals surface area (Å²) in [6.07, 6.45) is 0. The number of rotatable bonds is 5. The Morgan fingerprint density at radius 1 is 0.302 bits per heavy atom. The van der Waals surface area contributed by atoms with Gasteiger partial charge in [0.05, 0.1) is 0 Å². The first-order chi connectivity index (χ1) is 26.2. The molecular weight excluding hydrogens is 647 g/mol. The fourth-order valence-electron chi connectivity index (χ4n) is 8.06. The van der Waals surface area contributed by atoms with Crippen LogP contribution in [0.25, 0.3) is 87.7 Å². The Kier molecular flexibility index (Phi) is 6.55. The van der Waals surface area contributed by atoms with Crippen LogP contribution in [0.4, 0.5) is 17.1 Å². The van der Waals surface area contributed by atoms with Gasteiger partial charge < -0.3 is 13.7 Å². The van der Waals surface area contributed by atoms with Crippen LogP contribution in [0.15, 0.2) is 197 Å². The Hall–Kier alpha value is -7.10. The minimum Gasteiger partial charge on any atom is -0.456 e. The van der Waals surface area contributed by atoms with Gasteiger partial charge in [-0.25, -0.2) is 0 Å². The molecule has 9 aromatic carbocycles. The highest BCUT2D eigenvalue weighted by Gasteiger charge is 2.17. The van der Waals surface area contributed by atoms with E-state index >= 15 is 0 Å². The van der Waals surface area contributed by atoms with E-state index in [2.05, 4.69) is 169 Å². The van der Waals surface area contributed by atoms with E-state index in [1.165, 1.54) is 21.5 Å². The maximum Gasteiger partial charge on any atom is 0.143 e. The lowest BCUT2D eigenvalue weighted by molar-refractivity contribution is 0.669. The minimum atomic E-state index is 0.904. The van der Waals surface area contributed by atoms with Gasteiger partial charge in [-0.2, -0.15) is 0 Å². The molecule has 2 aromatic heterocycles. The van der Waals surface area contributed by atoms with E-state index in [0.29, 0.717) is 0 Å². The smallest absolute Gasteiger partial charge is 0.143 e. The van der Waals surface area contributed by atoms with Crippen molar-refractivity contribution in [2.45, 2.75) is 0 Å². The summed E-state index contributed by atoms with van der Waals surface area (Å²) in [5, 5.41) is 9.50. The number of para-hydroxylation sites is 3. The zero-order chi connectivity index (χ0) is 34.9. The van der Waals surface area contributed by atoms with Gasteiger partial charge in [0, 0.05) is 44.2 Å². The second kappa shape index (κ2) is 11.7. The molecule has 0 saturated heterocycles. The number of hydrogen-bond acceptors (Lipinski definition) is 3. The van der Waals surface area contributed by atoms with Crippen molar-refractivity contribution in [1.82, 2.24) is 0 Å². The summed E-state index contributed by atoms with van der Waals surface area (Å²) in [4.78, 5) is 2.34. The molecule has 0 spiro atoms. The molecule has 0 saturated carbocycles. The van der Waals surface area contributed by atoms with Crippen molar-refractivity contribution in [1.29, 1.82) is 0 Å². The summed E-state index contributed by atoms with van der Waals surface area (Å²) in [6, 6.07) is 66.9. The SMILES string of the molecule is c1ccc2c(c1)ccc1cc(N(c3ccc(-c4ccc5oc6ccccc6c5c4)cc3)c3ccc(-c4cccc5c4oc4ccccc45)cc3)ccc12. The molecule has 53 heavy (non-hydrogen) atoms. The highest BCUT2D eigenvalue weighted by Crippen LogP contribution is 2.41. The number of nitrogens with zero attached hydrogens (tertiary/aromatic N) is 1. The third kappa shape index (κ3) is 4.82. The van der Waals surface area contributed by atoms with Crippen molar-refractivity contribution in [2.24, 2.45) is 0 Å². The molecule has 0 aliphatic rings. The van der Waals surface area contributed by atoms with Crippen LogP contribution in [-0.2, 0) is 0 Å². The number of furan rings is 2. The topological polar surface area (TPSA) is 29.5 Å². The molecule has 0 fully saturated rings. The normalized spacial score (nSPS) is 11.8. The van der Waals surface area contributed by atoms with Crippen molar-refractivity contribution in [3.05, 3.63) is 188 Å². The average Bonchev–Trinajstić information content (AvgIpc) is 3.80. The standard InChI is InChI=1S/C50H31NO2/c1-2-9-40-33(8-1)16-17-36-30-39(27-28-41(36)40)51(37-23-18-32(19-24-37)35-22-29-49-46(31-35)44-11-4-5-14-47(44)52-49)38-25-20-34(21-26-38)42-12-7-13-45-43-10-3-6-15-48(43)53-50(42)45/h1-31H. The lowest BCUT2D eigenvalue weighted by Crippen LogP contribution is -2.09. The molecule has 0 unspecified atom stereocenters. The second-order valence-corrected chi connectivity index (χ2v) is 13.7. The zero-order valence-corrected chi connectivity index (χ0v) is 28.7. The fourth-order valence-corrected chi connectivity index (χ4v) is 8.06. The van der Waals surface area contributed by atoms with Gasteiger partial charge in [-0.15, -0.1) is 0 Å². The highest BCUT2D eigenvalue weighted by molar-refractivity contribution is 6.10. The van der Waals surface area contributed by atoms with Gasteiger partial charge in [0.25, 0.3) is 0 Å². The third-order valence-corrected chi connectivity index (χ3v) is 10.7. The molecule has 3 heteroatoms. The van der Waals surface area contributed by atoms with Crippen molar-refractivity contribution >= 4 is 82.5 Å². The summed E-state index contributed by atoms with van der Waals surface area (Å²) < 4.78 is 12.5. The molecule has 0 aliphatic heterocycles. The molecule has 0 radical (unpaired) electrons. The Morgan fingerprint density at radius 3 is 1.66 bits per heavy atom. The molecule has 0 bridgehead atoms. The molecule has 0 amide bonds. The Balaban J connectivity index is 1.02. The summed E-state index contributed by atoms with van der Waals surface area (Å²) in [5.41, 5.74) is 11.4. The van der Waals surface area contributed by atoms with Crippen LogP contribution in [0.5, 0.6) is 0 Å². The molecule has 0 atom stereocenters. The molecule has 2 heterocycles. The second-order valence-electron chi connectivity index (χ2n) is 13.7. The van der Waals surface area contributed by atoms with Crippen molar-refractivity contribution < 1.29 is 8.83 Å². The minimum absolute atomic E-state index is 0.904. The lowest BCUT2D eigenvalue weighted by Gasteiger charge is -2.26. The van der Waals surface area contributed by atoms with Gasteiger partial charge in [-0.3, -0.25) is 0 Å². The van der Waals surface area contributed by atoms with Crippen LogP contribution in [0, 0.1) is 0 Å². The van der Waals surface area contributed by atoms with Gasteiger partial charge in [-0.05, 0) is 98.9 Å². The van der Waals surface area contributed by atoms with Crippen LogP contribution < -0.4 is 4.90 Å². The van der Waals surface area contributed by atoms with Crippen LogP contribution in [0.3, 0.4) is 0 Å². The highest BCUT2D eigenvalue weighted by atomic mass is 16.3. The lowest BCUT2D eigenvalue weighted by atomic mass is 10.00. The fraction of sp³-hybridized carbons (Fsp3) is 0. The number of hydrogen-bond donors (Lipinski definition) is 0. The monoisotopic (exact) mass is 677 g/mol. The van der Waals surface area contributed by atoms with Gasteiger partial charge >= 0.3 is 0 Å². The summed E-state index contributed by atoms with van der Waals surface area (Å²) in [5.74, 6) is 0. The maximum absolute atomic E-state index is 6.40. The predicted molar refractivity (Wildman–Crippen MR) is 222 cm³/mol. The molecule has 11 aromatic rings. The van der Waals surface area contributed by atoms with Crippen molar-refractivity contribution in [3.63, 3.8) is 0 Å². The quantitative estimate of drug-likeness (QED) is 0.170. The number of benzene rings is 9. The van der Waals surface area contributed by atoms with E-state index in [-0.39, 0.29) is 0 Å². The molecule has 3 nitrogen and oxygen atoms in total. The first-order valence-electron chi connectivity index (χ1n) is 18.0. The van der Waals surface area contributed by atoms with E-state index in [1.807, 2.05) is 24.3 Å². The number of anilines is 3. The van der Waals surface area contributed by atoms with Crippen LogP contribution in [0.2, 0.25) is 0 Å². The Labute approximate surface area is 305 Å². The first-order valence-corrected chi connectivity index (χ1v) is 18.0. The van der Waals surface area contributed by atoms with Crippen LogP contribution >= 0.6 is 0 Å². The van der Waals surface area contributed by atoms with E-state index in [4.69, 9.17) is 8.83 Å². The van der Waals surface area contributed by atoms with Gasteiger partial charge in [-0.1, -0.05) is 127 Å². The van der Waals surface area contributed by atoms with E-state index in [0.717, 1.165) is 83.2 Å². The molecule has 248 valence electrons. The van der Waals surface area contributed by atoms with E-state index < -0.39 is 0 Å². The first kappa shape index (κ1) is 29.6. The third-order valence-electron chi connectivity index (χ3n) is 10.7. The van der Waals surface area contributed by atoms with Crippen molar-refractivity contribution in [2.75, 3.05) is 4.90 Å². The van der Waals surface area contributed by atoms with E-state index in [9.17, 15) is 0 Å². The zero-order valence-electron chi connectivity index (χ0n) is 28.7. The Bertz CT molecular complexity index is 3170. The molecule has 11 rings (SSSR count). The maximum atomic E-state index is 6.40. The summed E-state index contributed by atoms with van der Waals surface area (Å²) in [6.45, 7) is 0. The van der Waals surface area contributed by atoms with Crippen LogP contribution in [0.1, 0.15) is 0 Å². The summed E-state index contributed by atoms with van der Waals surface area (Å²) in [7, 11) is 0. The van der Waals surface area contributed by atoms with E-state index in [1.54, 1.807) is 0 Å². The molecule has 0 N–H and O–H groups in total. The molecule has 0 aliphatic carbocycles. The Morgan fingerprint density at radius 2 is 0.868 bits per heavy atom. The van der Waals surface area contributed by atoms with Gasteiger partial charge in [0.15, 0.2) is 0 Å². The number of fused-ring (bicyclic) bond motifs is 9. The van der Waals surface area contributed by atoms with Crippen LogP contribution in [-0.4, -0.2) is 0 Å². The summed E-state index contributed by atoms with van der Waals surface area (Å²) >= 11 is 0. The van der Waals surface area contributed by atoms with Gasteiger partial charge in [0.2, 0.25) is 0 Å². The average molecular weight is 678 g/mol. The largest absolute Gasteiger partial charge is 0.456 e. The predicted octanol–water partition coefficient (Wildman–Crippen LogP) is 14.6. The van der Waals surface area contributed by atoms with Crippen molar-refractivity contribution in [3.8, 4) is 22.3 Å². The molecular formula is C50H31NO2.